The summed E-state index contributed by atoms with van der Waals surface area (Å²) in [6, 6.07) is 9.47. The van der Waals surface area contributed by atoms with Crippen molar-refractivity contribution in [3.63, 3.8) is 0 Å². The van der Waals surface area contributed by atoms with Crippen LogP contribution in [0.2, 0.25) is 0 Å². The van der Waals surface area contributed by atoms with Gasteiger partial charge in [-0.15, -0.1) is 0 Å². The van der Waals surface area contributed by atoms with Crippen molar-refractivity contribution in [1.82, 2.24) is 14.8 Å². The molecule has 0 bridgehead atoms. The maximum atomic E-state index is 13.2. The zero-order chi connectivity index (χ0) is 22.3. The van der Waals surface area contributed by atoms with Gasteiger partial charge in [0.2, 0.25) is 0 Å². The Bertz CT molecular complexity index is 1150. The number of benzene rings is 1. The van der Waals surface area contributed by atoms with Gasteiger partial charge in [-0.3, -0.25) is 14.3 Å². The largest absolute Gasteiger partial charge is 0.416 e. The fourth-order valence-corrected chi connectivity index (χ4v) is 3.79. The molecule has 3 heterocycles. The molecule has 1 aromatic carbocycles. The summed E-state index contributed by atoms with van der Waals surface area (Å²) in [6.07, 6.45) is -2.64. The van der Waals surface area contributed by atoms with E-state index in [0.29, 0.717) is 17.7 Å². The zero-order valence-corrected chi connectivity index (χ0v) is 16.8. The number of Topliss-reactive ketones (excluding diaryl/α,β-unsaturated/α-hetero) is 1. The average molecular weight is 428 g/mol. The highest BCUT2D eigenvalue weighted by molar-refractivity contribution is 6.10. The Morgan fingerprint density at radius 2 is 1.87 bits per heavy atom. The van der Waals surface area contributed by atoms with E-state index in [2.05, 4.69) is 15.4 Å². The first kappa shape index (κ1) is 20.8. The predicted molar refractivity (Wildman–Crippen MR) is 107 cm³/mol. The van der Waals surface area contributed by atoms with Crippen LogP contribution in [0.3, 0.4) is 0 Å². The number of amides is 1. The fraction of sp³-hybridized carbons (Fsp3) is 0.273. The van der Waals surface area contributed by atoms with Crippen molar-refractivity contribution < 1.29 is 22.8 Å². The molecule has 1 aliphatic heterocycles. The van der Waals surface area contributed by atoms with Crippen LogP contribution in [0, 0.1) is 6.92 Å². The number of nitrogens with zero attached hydrogens (tertiary/aromatic N) is 3. The van der Waals surface area contributed by atoms with Crippen molar-refractivity contribution in [2.75, 3.05) is 5.32 Å². The molecule has 0 saturated carbocycles. The van der Waals surface area contributed by atoms with Gasteiger partial charge in [-0.1, -0.05) is 18.2 Å². The third-order valence-electron chi connectivity index (χ3n) is 5.35. The van der Waals surface area contributed by atoms with Gasteiger partial charge in [0.15, 0.2) is 5.78 Å². The van der Waals surface area contributed by atoms with Gasteiger partial charge in [0.1, 0.15) is 11.4 Å². The number of halogens is 3. The number of carbonyl (C=O) groups excluding carboxylic acids is 2. The van der Waals surface area contributed by atoms with Crippen LogP contribution in [-0.4, -0.2) is 26.5 Å². The van der Waals surface area contributed by atoms with Crippen molar-refractivity contribution in [2.24, 2.45) is 0 Å². The SMILES string of the molecule is Cc1cccc(C(=O)Nc2cnn3c2C(=O)C(c2ccc(C(F)(F)F)cc2)C[C@@H]3C)n1. The minimum atomic E-state index is -4.44. The standard InChI is InChI=1S/C22H19F3N4O2/c1-12-4-3-5-17(27-12)21(31)28-18-11-26-29-13(2)10-16(20(30)19(18)29)14-6-8-15(9-7-14)22(23,24)25/h3-9,11,13,16H,10H2,1-2H3,(H,28,31)/t13-,16?/m0/s1. The average Bonchev–Trinajstić information content (AvgIpc) is 3.14. The fourth-order valence-electron chi connectivity index (χ4n) is 3.79. The van der Waals surface area contributed by atoms with Crippen LogP contribution < -0.4 is 5.32 Å². The van der Waals surface area contributed by atoms with E-state index >= 15 is 0 Å². The number of hydrogen-bond donors (Lipinski definition) is 1. The lowest BCUT2D eigenvalue weighted by atomic mass is 9.84. The zero-order valence-electron chi connectivity index (χ0n) is 16.8. The maximum absolute atomic E-state index is 13.2. The van der Waals surface area contributed by atoms with Gasteiger partial charge in [0, 0.05) is 5.69 Å². The molecule has 1 aliphatic rings. The van der Waals surface area contributed by atoms with Crippen LogP contribution in [0.4, 0.5) is 18.9 Å². The molecule has 9 heteroatoms. The van der Waals surface area contributed by atoms with E-state index in [1.165, 1.54) is 18.3 Å². The molecule has 2 aromatic heterocycles. The summed E-state index contributed by atoms with van der Waals surface area (Å²) in [5, 5.41) is 6.93. The molecule has 31 heavy (non-hydrogen) atoms. The summed E-state index contributed by atoms with van der Waals surface area (Å²) in [5.41, 5.74) is 1.09. The van der Waals surface area contributed by atoms with Crippen molar-refractivity contribution in [2.45, 2.75) is 38.4 Å². The van der Waals surface area contributed by atoms with Crippen LogP contribution in [0.15, 0.2) is 48.7 Å². The Hall–Kier alpha value is -3.49. The molecule has 160 valence electrons. The molecule has 1 N–H and O–H groups in total. The summed E-state index contributed by atoms with van der Waals surface area (Å²) in [6.45, 7) is 3.63. The minimum absolute atomic E-state index is 0.178. The first-order valence-electron chi connectivity index (χ1n) is 9.69. The van der Waals surface area contributed by atoms with Crippen molar-refractivity contribution in [1.29, 1.82) is 0 Å². The normalized spacial score (nSPS) is 18.5. The van der Waals surface area contributed by atoms with Gasteiger partial charge in [-0.05, 0) is 50.1 Å². The number of rotatable bonds is 3. The number of aromatic nitrogens is 3. The van der Waals surface area contributed by atoms with E-state index in [9.17, 15) is 22.8 Å². The second kappa shape index (κ2) is 7.64. The van der Waals surface area contributed by atoms with Crippen LogP contribution in [0.25, 0.3) is 0 Å². The number of anilines is 1. The third-order valence-corrected chi connectivity index (χ3v) is 5.35. The molecular weight excluding hydrogens is 409 g/mol. The van der Waals surface area contributed by atoms with E-state index < -0.39 is 23.6 Å². The Morgan fingerprint density at radius 3 is 2.52 bits per heavy atom. The molecule has 4 rings (SSSR count). The monoisotopic (exact) mass is 428 g/mol. The van der Waals surface area contributed by atoms with Gasteiger partial charge in [-0.25, -0.2) is 4.98 Å². The molecule has 0 aliphatic carbocycles. The molecule has 0 fully saturated rings. The number of fused-ring (bicyclic) bond motifs is 1. The van der Waals surface area contributed by atoms with E-state index in [1.807, 2.05) is 6.92 Å². The van der Waals surface area contributed by atoms with E-state index in [-0.39, 0.29) is 28.9 Å². The highest BCUT2D eigenvalue weighted by Gasteiger charge is 2.37. The summed E-state index contributed by atoms with van der Waals surface area (Å²) in [4.78, 5) is 30.0. The van der Waals surface area contributed by atoms with E-state index in [4.69, 9.17) is 0 Å². The van der Waals surface area contributed by atoms with Gasteiger partial charge >= 0.3 is 6.18 Å². The van der Waals surface area contributed by atoms with Gasteiger partial charge in [0.25, 0.3) is 5.91 Å². The van der Waals surface area contributed by atoms with Gasteiger partial charge in [-0.2, -0.15) is 18.3 Å². The minimum Gasteiger partial charge on any atom is -0.317 e. The smallest absolute Gasteiger partial charge is 0.317 e. The molecule has 1 amide bonds. The quantitative estimate of drug-likeness (QED) is 0.651. The lowest BCUT2D eigenvalue weighted by molar-refractivity contribution is -0.137. The van der Waals surface area contributed by atoms with Crippen LogP contribution in [-0.2, 0) is 6.18 Å². The van der Waals surface area contributed by atoms with Gasteiger partial charge < -0.3 is 5.32 Å². The van der Waals surface area contributed by atoms with Gasteiger partial charge in [0.05, 0.1) is 29.4 Å². The molecule has 0 spiro atoms. The third kappa shape index (κ3) is 3.95. The second-order valence-corrected chi connectivity index (χ2v) is 7.59. The number of pyridine rings is 1. The topological polar surface area (TPSA) is 76.9 Å². The lowest BCUT2D eigenvalue weighted by Gasteiger charge is -2.28. The first-order chi connectivity index (χ1) is 14.6. The number of carbonyl (C=O) groups is 2. The summed E-state index contributed by atoms with van der Waals surface area (Å²) >= 11 is 0. The Labute approximate surface area is 176 Å². The molecule has 6 nitrogen and oxygen atoms in total. The maximum Gasteiger partial charge on any atom is 0.416 e. The van der Waals surface area contributed by atoms with Crippen LogP contribution in [0.5, 0.6) is 0 Å². The van der Waals surface area contributed by atoms with Crippen molar-refractivity contribution in [3.05, 3.63) is 76.9 Å². The molecule has 3 aromatic rings. The molecule has 0 saturated heterocycles. The summed E-state index contributed by atoms with van der Waals surface area (Å²) in [7, 11) is 0. The number of aryl methyl sites for hydroxylation is 1. The number of hydrogen-bond acceptors (Lipinski definition) is 4. The summed E-state index contributed by atoms with van der Waals surface area (Å²) < 4.78 is 40.2. The Balaban J connectivity index is 1.63. The molecule has 2 atom stereocenters. The number of alkyl halides is 3. The Kier molecular flexibility index (Phi) is 5.12. The molecule has 1 unspecified atom stereocenters. The highest BCUT2D eigenvalue weighted by atomic mass is 19.4. The van der Waals surface area contributed by atoms with E-state index in [1.54, 1.807) is 29.8 Å². The predicted octanol–water partition coefficient (Wildman–Crippen LogP) is 4.79. The lowest BCUT2D eigenvalue weighted by Crippen LogP contribution is -2.29. The summed E-state index contributed by atoms with van der Waals surface area (Å²) in [5.74, 6) is -1.41. The number of ketones is 1. The van der Waals surface area contributed by atoms with Crippen LogP contribution >= 0.6 is 0 Å². The van der Waals surface area contributed by atoms with Crippen molar-refractivity contribution in [3.8, 4) is 0 Å². The first-order valence-corrected chi connectivity index (χ1v) is 9.69. The molecular formula is C22H19F3N4O2. The van der Waals surface area contributed by atoms with E-state index in [0.717, 1.165) is 12.1 Å². The van der Waals surface area contributed by atoms with Crippen LogP contribution in [0.1, 0.15) is 63.1 Å². The second-order valence-electron chi connectivity index (χ2n) is 7.59. The number of nitrogens with one attached hydrogen (secondary N) is 1. The Morgan fingerprint density at radius 1 is 1.16 bits per heavy atom. The molecule has 0 radical (unpaired) electrons. The highest BCUT2D eigenvalue weighted by Crippen LogP contribution is 2.39. The van der Waals surface area contributed by atoms with Crippen molar-refractivity contribution >= 4 is 17.4 Å².